The molecule has 3 aromatic carbocycles. The van der Waals surface area contributed by atoms with Gasteiger partial charge in [0.25, 0.3) is 5.91 Å². The van der Waals surface area contributed by atoms with Gasteiger partial charge in [-0.3, -0.25) is 14.8 Å². The van der Waals surface area contributed by atoms with Gasteiger partial charge in [-0.2, -0.15) is 0 Å². The molecule has 3 N–H and O–H groups in total. The first-order valence-electron chi connectivity index (χ1n) is 7.53. The molecule has 0 bridgehead atoms. The molecule has 126 valence electrons. The van der Waals surface area contributed by atoms with E-state index in [2.05, 4.69) is 0 Å². The number of nitrogens with zero attached hydrogens (tertiary/aromatic N) is 1. The molecule has 0 aromatic heterocycles. The van der Waals surface area contributed by atoms with E-state index in [1.807, 2.05) is 0 Å². The Hall–Kier alpha value is -2.89. The Morgan fingerprint density at radius 1 is 0.960 bits per heavy atom. The second kappa shape index (κ2) is 6.93. The highest BCUT2D eigenvalue weighted by atomic mass is 35.5. The maximum absolute atomic E-state index is 12.5. The summed E-state index contributed by atoms with van der Waals surface area (Å²) in [6, 6.07) is 16.9. The van der Waals surface area contributed by atoms with E-state index >= 15 is 0 Å². The van der Waals surface area contributed by atoms with Crippen LogP contribution in [0.25, 0.3) is 10.8 Å². The number of hydrogen-bond acceptors (Lipinski definition) is 3. The lowest BCUT2D eigenvalue weighted by Gasteiger charge is -2.16. The number of nitrogens with two attached hydrogens (primary N) is 1. The van der Waals surface area contributed by atoms with Crippen LogP contribution < -0.4 is 5.73 Å². The van der Waals surface area contributed by atoms with Crippen LogP contribution in [0.3, 0.4) is 0 Å². The van der Waals surface area contributed by atoms with Gasteiger partial charge in [0.05, 0.1) is 6.54 Å². The largest absolute Gasteiger partial charge is 0.366 e. The SMILES string of the molecule is NC(=O)c1ccc2ccc(C(=O)N(O)Cc3ccccc3Cl)cc2c1. The van der Waals surface area contributed by atoms with Gasteiger partial charge in [-0.1, -0.05) is 41.9 Å². The second-order valence-corrected chi connectivity index (χ2v) is 6.00. The number of fused-ring (bicyclic) bond motifs is 1. The Morgan fingerprint density at radius 3 is 2.28 bits per heavy atom. The van der Waals surface area contributed by atoms with E-state index in [1.54, 1.807) is 60.7 Å². The average Bonchev–Trinajstić information content (AvgIpc) is 2.62. The first-order valence-corrected chi connectivity index (χ1v) is 7.91. The molecule has 25 heavy (non-hydrogen) atoms. The third-order valence-electron chi connectivity index (χ3n) is 3.88. The summed E-state index contributed by atoms with van der Waals surface area (Å²) >= 11 is 6.05. The zero-order valence-corrected chi connectivity index (χ0v) is 13.9. The molecule has 5 nitrogen and oxygen atoms in total. The van der Waals surface area contributed by atoms with Crippen molar-refractivity contribution in [3.05, 3.63) is 82.4 Å². The molecule has 0 atom stereocenters. The van der Waals surface area contributed by atoms with Gasteiger partial charge in [0.15, 0.2) is 0 Å². The van der Waals surface area contributed by atoms with E-state index < -0.39 is 11.8 Å². The van der Waals surface area contributed by atoms with Crippen molar-refractivity contribution >= 4 is 34.2 Å². The second-order valence-electron chi connectivity index (χ2n) is 5.60. The van der Waals surface area contributed by atoms with E-state index in [-0.39, 0.29) is 6.54 Å². The van der Waals surface area contributed by atoms with Gasteiger partial charge in [0, 0.05) is 16.1 Å². The fraction of sp³-hybridized carbons (Fsp3) is 0.0526. The molecular weight excluding hydrogens is 340 g/mol. The molecule has 0 aliphatic carbocycles. The van der Waals surface area contributed by atoms with Crippen LogP contribution in [0.1, 0.15) is 26.3 Å². The maximum atomic E-state index is 12.5. The van der Waals surface area contributed by atoms with E-state index in [0.29, 0.717) is 32.2 Å². The molecule has 0 fully saturated rings. The number of carbonyl (C=O) groups excluding carboxylic acids is 2. The molecule has 0 aliphatic heterocycles. The van der Waals surface area contributed by atoms with Crippen LogP contribution in [0.4, 0.5) is 0 Å². The molecule has 6 heteroatoms. The predicted molar refractivity (Wildman–Crippen MR) is 95.6 cm³/mol. The van der Waals surface area contributed by atoms with Crippen molar-refractivity contribution in [1.82, 2.24) is 5.06 Å². The zero-order valence-electron chi connectivity index (χ0n) is 13.1. The quantitative estimate of drug-likeness (QED) is 0.554. The molecule has 0 saturated heterocycles. The van der Waals surface area contributed by atoms with Gasteiger partial charge in [-0.05, 0) is 46.7 Å². The molecule has 2 amide bonds. The molecule has 0 spiro atoms. The number of amides is 2. The van der Waals surface area contributed by atoms with Crippen molar-refractivity contribution in [2.75, 3.05) is 0 Å². The average molecular weight is 355 g/mol. The molecule has 3 aromatic rings. The number of benzene rings is 3. The minimum Gasteiger partial charge on any atom is -0.366 e. The summed E-state index contributed by atoms with van der Waals surface area (Å²) in [5.41, 5.74) is 6.57. The smallest absolute Gasteiger partial charge is 0.277 e. The Morgan fingerprint density at radius 2 is 1.60 bits per heavy atom. The monoisotopic (exact) mass is 354 g/mol. The Kier molecular flexibility index (Phi) is 4.70. The van der Waals surface area contributed by atoms with E-state index in [9.17, 15) is 14.8 Å². The van der Waals surface area contributed by atoms with Crippen LogP contribution in [0.15, 0.2) is 60.7 Å². The molecule has 0 saturated carbocycles. The number of carbonyl (C=O) groups is 2. The summed E-state index contributed by atoms with van der Waals surface area (Å²) in [7, 11) is 0. The van der Waals surface area contributed by atoms with Crippen LogP contribution >= 0.6 is 11.6 Å². The van der Waals surface area contributed by atoms with Crippen LogP contribution in [0, 0.1) is 0 Å². The van der Waals surface area contributed by atoms with E-state index in [0.717, 1.165) is 5.39 Å². The van der Waals surface area contributed by atoms with Crippen molar-refractivity contribution in [2.24, 2.45) is 5.73 Å². The number of hydrogen-bond donors (Lipinski definition) is 2. The topological polar surface area (TPSA) is 83.6 Å². The number of hydroxylamine groups is 2. The van der Waals surface area contributed by atoms with Gasteiger partial charge in [-0.15, -0.1) is 0 Å². The van der Waals surface area contributed by atoms with Gasteiger partial charge in [0.1, 0.15) is 0 Å². The highest BCUT2D eigenvalue weighted by molar-refractivity contribution is 6.31. The van der Waals surface area contributed by atoms with Gasteiger partial charge in [-0.25, -0.2) is 5.06 Å². The first-order chi connectivity index (χ1) is 12.0. The Labute approximate surface area is 149 Å². The number of halogens is 1. The lowest BCUT2D eigenvalue weighted by atomic mass is 10.0. The van der Waals surface area contributed by atoms with Crippen molar-refractivity contribution in [2.45, 2.75) is 6.54 Å². The third kappa shape index (κ3) is 3.63. The van der Waals surface area contributed by atoms with Crippen molar-refractivity contribution < 1.29 is 14.8 Å². The van der Waals surface area contributed by atoms with E-state index in [4.69, 9.17) is 17.3 Å². The summed E-state index contributed by atoms with van der Waals surface area (Å²) in [5, 5.41) is 12.7. The molecule has 0 unspecified atom stereocenters. The standard InChI is InChI=1S/C19H15ClN2O3/c20-17-4-2-1-3-15(17)11-22(25)19(24)14-8-6-12-5-7-13(18(21)23)9-16(12)10-14/h1-10,25H,11H2,(H2,21,23). The van der Waals surface area contributed by atoms with E-state index in [1.165, 1.54) is 0 Å². The third-order valence-corrected chi connectivity index (χ3v) is 4.25. The summed E-state index contributed by atoms with van der Waals surface area (Å²) in [4.78, 5) is 23.8. The molecule has 0 heterocycles. The molecule has 0 aliphatic rings. The fourth-order valence-corrected chi connectivity index (χ4v) is 2.74. The van der Waals surface area contributed by atoms with Crippen LogP contribution in [-0.4, -0.2) is 22.1 Å². The summed E-state index contributed by atoms with van der Waals surface area (Å²) < 4.78 is 0. The lowest BCUT2D eigenvalue weighted by molar-refractivity contribution is -0.0647. The van der Waals surface area contributed by atoms with Gasteiger partial charge < -0.3 is 5.73 Å². The molecular formula is C19H15ClN2O3. The molecule has 0 radical (unpaired) electrons. The highest BCUT2D eigenvalue weighted by Crippen LogP contribution is 2.21. The minimum absolute atomic E-state index is 0.0299. The summed E-state index contributed by atoms with van der Waals surface area (Å²) in [6.07, 6.45) is 0. The van der Waals surface area contributed by atoms with Crippen LogP contribution in [0.2, 0.25) is 5.02 Å². The Bertz CT molecular complexity index is 972. The molecule has 3 rings (SSSR count). The fourth-order valence-electron chi connectivity index (χ4n) is 2.54. The summed E-state index contributed by atoms with van der Waals surface area (Å²) in [6.45, 7) is -0.0299. The maximum Gasteiger partial charge on any atom is 0.277 e. The highest BCUT2D eigenvalue weighted by Gasteiger charge is 2.16. The minimum atomic E-state index is -0.564. The normalized spacial score (nSPS) is 10.6. The zero-order chi connectivity index (χ0) is 18.0. The van der Waals surface area contributed by atoms with Crippen molar-refractivity contribution in [3.63, 3.8) is 0 Å². The van der Waals surface area contributed by atoms with Crippen LogP contribution in [0.5, 0.6) is 0 Å². The van der Waals surface area contributed by atoms with Crippen molar-refractivity contribution in [3.8, 4) is 0 Å². The Balaban J connectivity index is 1.88. The number of rotatable bonds is 4. The predicted octanol–water partition coefficient (Wildman–Crippen LogP) is 3.62. The summed E-state index contributed by atoms with van der Waals surface area (Å²) in [5.74, 6) is -1.10. The first kappa shape index (κ1) is 17.0. The van der Waals surface area contributed by atoms with Gasteiger partial charge >= 0.3 is 0 Å². The van der Waals surface area contributed by atoms with Gasteiger partial charge in [0.2, 0.25) is 5.91 Å². The lowest BCUT2D eigenvalue weighted by Crippen LogP contribution is -2.27. The number of primary amides is 1. The van der Waals surface area contributed by atoms with Crippen molar-refractivity contribution in [1.29, 1.82) is 0 Å². The van der Waals surface area contributed by atoms with Crippen LogP contribution in [-0.2, 0) is 6.54 Å².